The zero-order valence-corrected chi connectivity index (χ0v) is 35.8. The standard InChI is InChI=1S/C58H44N4O/c1-57(2)29-30-58(3,4)47-34-50-43(31-46(47)57)45-33-49-44(32-48(45)61(50)39-18-9-6-10-19-39)41-28-27-37-17-11-12-20-40(37)54(41)62(49)56-59-52(55-53(60-56)42-21-13-14-22-51(42)63-55)38-25-23-36(24-26-38)35-15-7-5-8-16-35/h5-28,31-34H,29-30H2,1-4H3. The molecule has 0 spiro atoms. The molecule has 1 aliphatic rings. The first-order valence-electron chi connectivity index (χ1n) is 22.1. The van der Waals surface area contributed by atoms with Gasteiger partial charge < -0.3 is 8.98 Å². The molecule has 4 heterocycles. The van der Waals surface area contributed by atoms with Crippen LogP contribution in [0.4, 0.5) is 0 Å². The van der Waals surface area contributed by atoms with Crippen molar-refractivity contribution in [2.45, 2.75) is 51.4 Å². The van der Waals surface area contributed by atoms with Gasteiger partial charge in [-0.05, 0) is 99.8 Å². The van der Waals surface area contributed by atoms with Gasteiger partial charge in [0, 0.05) is 43.6 Å². The molecule has 0 saturated carbocycles. The van der Waals surface area contributed by atoms with Gasteiger partial charge in [0.25, 0.3) is 0 Å². The zero-order valence-electron chi connectivity index (χ0n) is 35.8. The maximum absolute atomic E-state index is 6.66. The van der Waals surface area contributed by atoms with E-state index in [0.29, 0.717) is 11.5 Å². The molecule has 0 amide bonds. The predicted molar refractivity (Wildman–Crippen MR) is 262 cm³/mol. The van der Waals surface area contributed by atoms with Gasteiger partial charge in [0.15, 0.2) is 5.58 Å². The van der Waals surface area contributed by atoms with Gasteiger partial charge in [0.05, 0.1) is 22.1 Å². The van der Waals surface area contributed by atoms with Crippen molar-refractivity contribution in [1.82, 2.24) is 19.1 Å². The van der Waals surface area contributed by atoms with Crippen LogP contribution >= 0.6 is 0 Å². The number of aromatic nitrogens is 4. The molecule has 8 aromatic carbocycles. The van der Waals surface area contributed by atoms with E-state index >= 15 is 0 Å². The topological polar surface area (TPSA) is 48.8 Å². The summed E-state index contributed by atoms with van der Waals surface area (Å²) >= 11 is 0. The molecule has 5 heteroatoms. The summed E-state index contributed by atoms with van der Waals surface area (Å²) in [7, 11) is 0. The first kappa shape index (κ1) is 36.2. The molecule has 63 heavy (non-hydrogen) atoms. The number of nitrogens with zero attached hydrogens (tertiary/aromatic N) is 4. The summed E-state index contributed by atoms with van der Waals surface area (Å²) in [4.78, 5) is 11.1. The van der Waals surface area contributed by atoms with E-state index < -0.39 is 0 Å². The molecular formula is C58H44N4O. The van der Waals surface area contributed by atoms with Gasteiger partial charge in [-0.25, -0.2) is 9.97 Å². The van der Waals surface area contributed by atoms with Crippen molar-refractivity contribution in [2.75, 3.05) is 0 Å². The Morgan fingerprint density at radius 3 is 1.79 bits per heavy atom. The molecule has 12 aromatic rings. The average molecular weight is 813 g/mol. The minimum Gasteiger partial charge on any atom is -0.452 e. The third kappa shape index (κ3) is 5.29. The van der Waals surface area contributed by atoms with E-state index in [4.69, 9.17) is 14.4 Å². The first-order chi connectivity index (χ1) is 30.7. The summed E-state index contributed by atoms with van der Waals surface area (Å²) in [6.45, 7) is 9.68. The number of para-hydroxylation sites is 2. The lowest BCUT2D eigenvalue weighted by molar-refractivity contribution is 0.332. The quantitative estimate of drug-likeness (QED) is 0.178. The van der Waals surface area contributed by atoms with Crippen molar-refractivity contribution in [3.63, 3.8) is 0 Å². The lowest BCUT2D eigenvalue weighted by atomic mass is 9.63. The molecule has 0 N–H and O–H groups in total. The molecule has 0 aliphatic heterocycles. The van der Waals surface area contributed by atoms with E-state index in [9.17, 15) is 0 Å². The fraction of sp³-hybridized carbons (Fsp3) is 0.138. The molecule has 4 aromatic heterocycles. The van der Waals surface area contributed by atoms with Crippen LogP contribution in [-0.2, 0) is 10.8 Å². The third-order valence-corrected chi connectivity index (χ3v) is 14.2. The predicted octanol–water partition coefficient (Wildman–Crippen LogP) is 15.4. The molecule has 1 aliphatic carbocycles. The van der Waals surface area contributed by atoms with Crippen molar-refractivity contribution >= 4 is 76.5 Å². The Kier molecular flexibility index (Phi) is 7.47. The van der Waals surface area contributed by atoms with Gasteiger partial charge in [0.2, 0.25) is 5.95 Å². The molecule has 0 bridgehead atoms. The summed E-state index contributed by atoms with van der Waals surface area (Å²) in [5.74, 6) is 0.610. The second-order valence-electron chi connectivity index (χ2n) is 18.8. The fourth-order valence-electron chi connectivity index (χ4n) is 10.7. The SMILES string of the molecule is CC1(C)CCC(C)(C)c2cc3c(cc21)c1cc2c(cc1n3-c1ccccc1)c1ccc3ccccc3c1n2-c1nc(-c2ccc(-c3ccccc3)cc2)c2oc3ccccc3c2n1. The Bertz CT molecular complexity index is 3830. The number of hydrogen-bond donors (Lipinski definition) is 0. The Labute approximate surface area is 364 Å². The maximum atomic E-state index is 6.66. The largest absolute Gasteiger partial charge is 0.452 e. The molecule has 13 rings (SSSR count). The zero-order chi connectivity index (χ0) is 42.2. The van der Waals surface area contributed by atoms with Crippen LogP contribution in [0.5, 0.6) is 0 Å². The lowest BCUT2D eigenvalue weighted by Gasteiger charge is -2.42. The van der Waals surface area contributed by atoms with Gasteiger partial charge >= 0.3 is 0 Å². The monoisotopic (exact) mass is 812 g/mol. The van der Waals surface area contributed by atoms with Crippen LogP contribution in [0.25, 0.3) is 110 Å². The Hall–Kier alpha value is -7.50. The van der Waals surface area contributed by atoms with E-state index in [2.05, 4.69) is 195 Å². The van der Waals surface area contributed by atoms with Crippen LogP contribution in [0.1, 0.15) is 51.7 Å². The Balaban J connectivity index is 1.17. The van der Waals surface area contributed by atoms with Crippen molar-refractivity contribution in [2.24, 2.45) is 0 Å². The van der Waals surface area contributed by atoms with Crippen LogP contribution in [0.2, 0.25) is 0 Å². The van der Waals surface area contributed by atoms with Crippen LogP contribution in [0.15, 0.2) is 174 Å². The summed E-state index contributed by atoms with van der Waals surface area (Å²) in [6.07, 6.45) is 2.31. The van der Waals surface area contributed by atoms with Crippen LogP contribution in [-0.4, -0.2) is 19.1 Å². The maximum Gasteiger partial charge on any atom is 0.236 e. The number of benzene rings is 8. The summed E-state index contributed by atoms with van der Waals surface area (Å²) < 4.78 is 11.5. The molecule has 0 fully saturated rings. The Morgan fingerprint density at radius 2 is 1.03 bits per heavy atom. The first-order valence-corrected chi connectivity index (χ1v) is 22.1. The van der Waals surface area contributed by atoms with Crippen LogP contribution in [0.3, 0.4) is 0 Å². The second-order valence-corrected chi connectivity index (χ2v) is 18.8. The molecule has 0 unspecified atom stereocenters. The van der Waals surface area contributed by atoms with E-state index in [1.165, 1.54) is 43.9 Å². The highest BCUT2D eigenvalue weighted by atomic mass is 16.3. The van der Waals surface area contributed by atoms with Crippen molar-refractivity contribution in [1.29, 1.82) is 0 Å². The Morgan fingerprint density at radius 1 is 0.460 bits per heavy atom. The highest BCUT2D eigenvalue weighted by molar-refractivity contribution is 6.23. The van der Waals surface area contributed by atoms with Gasteiger partial charge in [0.1, 0.15) is 16.8 Å². The van der Waals surface area contributed by atoms with E-state index in [-0.39, 0.29) is 10.8 Å². The summed E-state index contributed by atoms with van der Waals surface area (Å²) in [5.41, 5.74) is 15.1. The van der Waals surface area contributed by atoms with E-state index in [0.717, 1.165) is 79.0 Å². The van der Waals surface area contributed by atoms with Crippen molar-refractivity contribution in [3.8, 4) is 34.0 Å². The number of furan rings is 1. The lowest BCUT2D eigenvalue weighted by Crippen LogP contribution is -2.33. The molecular weight excluding hydrogens is 769 g/mol. The third-order valence-electron chi connectivity index (χ3n) is 14.2. The smallest absolute Gasteiger partial charge is 0.236 e. The minimum absolute atomic E-state index is 0.0600. The number of hydrogen-bond acceptors (Lipinski definition) is 3. The van der Waals surface area contributed by atoms with E-state index in [1.54, 1.807) is 0 Å². The molecule has 0 saturated heterocycles. The summed E-state index contributed by atoms with van der Waals surface area (Å²) in [5, 5.41) is 8.07. The van der Waals surface area contributed by atoms with Crippen molar-refractivity contribution < 1.29 is 4.42 Å². The minimum atomic E-state index is 0.0600. The van der Waals surface area contributed by atoms with Gasteiger partial charge in [-0.1, -0.05) is 149 Å². The van der Waals surface area contributed by atoms with Gasteiger partial charge in [-0.2, -0.15) is 0 Å². The average Bonchev–Trinajstić information content (AvgIpc) is 3.97. The highest BCUT2D eigenvalue weighted by Crippen LogP contribution is 2.50. The fourth-order valence-corrected chi connectivity index (χ4v) is 10.7. The van der Waals surface area contributed by atoms with Crippen LogP contribution < -0.4 is 0 Å². The number of fused-ring (bicyclic) bond motifs is 12. The molecule has 5 nitrogen and oxygen atoms in total. The van der Waals surface area contributed by atoms with Crippen LogP contribution in [0, 0.1) is 0 Å². The highest BCUT2D eigenvalue weighted by Gasteiger charge is 2.38. The molecule has 0 radical (unpaired) electrons. The summed E-state index contributed by atoms with van der Waals surface area (Å²) in [6, 6.07) is 61.4. The second kappa shape index (κ2) is 13.0. The van der Waals surface area contributed by atoms with Gasteiger partial charge in [-0.3, -0.25) is 4.57 Å². The molecule has 302 valence electrons. The number of rotatable bonds is 4. The normalized spacial score (nSPS) is 14.8. The molecule has 0 atom stereocenters. The van der Waals surface area contributed by atoms with Gasteiger partial charge in [-0.15, -0.1) is 0 Å². The van der Waals surface area contributed by atoms with Crippen molar-refractivity contribution in [3.05, 3.63) is 181 Å². The van der Waals surface area contributed by atoms with E-state index in [1.807, 2.05) is 12.1 Å².